The minimum atomic E-state index is -1.84. The number of carbonyl (C=O) groups is 1. The molecule has 22 heavy (non-hydrogen) atoms. The average Bonchev–Trinajstić information content (AvgIpc) is 2.50. The molecular weight excluding hydrogens is 296 g/mol. The van der Waals surface area contributed by atoms with Crippen LogP contribution in [-0.4, -0.2) is 57.2 Å². The fourth-order valence-electron chi connectivity index (χ4n) is 2.04. The molecule has 1 amide bonds. The quantitative estimate of drug-likeness (QED) is 0.790. The van der Waals surface area contributed by atoms with Gasteiger partial charge in [-0.05, 0) is 38.9 Å². The van der Waals surface area contributed by atoms with E-state index in [1.807, 2.05) is 20.8 Å². The van der Waals surface area contributed by atoms with Crippen molar-refractivity contribution in [2.24, 2.45) is 0 Å². The fourth-order valence-corrected chi connectivity index (χ4v) is 3.39. The third kappa shape index (κ3) is 5.89. The van der Waals surface area contributed by atoms with Gasteiger partial charge in [-0.15, -0.1) is 0 Å². The second-order valence-corrected chi connectivity index (χ2v) is 13.4. The zero-order valence-corrected chi connectivity index (χ0v) is 16.6. The van der Waals surface area contributed by atoms with Gasteiger partial charge in [0.15, 0.2) is 8.32 Å². The van der Waals surface area contributed by atoms with Crippen molar-refractivity contribution in [3.63, 3.8) is 0 Å². The van der Waals surface area contributed by atoms with Gasteiger partial charge in [0, 0.05) is 19.6 Å². The number of nitrogens with zero attached hydrogens (tertiary/aromatic N) is 1. The molecule has 0 radical (unpaired) electrons. The third-order valence-electron chi connectivity index (χ3n) is 4.27. The normalized spacial score (nSPS) is 21.5. The zero-order chi connectivity index (χ0) is 17.2. The van der Waals surface area contributed by atoms with Crippen LogP contribution < -0.4 is 5.32 Å². The molecule has 0 spiro atoms. The molecule has 1 heterocycles. The van der Waals surface area contributed by atoms with Crippen LogP contribution in [0.4, 0.5) is 4.79 Å². The smallest absolute Gasteiger partial charge is 0.410 e. The Labute approximate surface area is 136 Å². The van der Waals surface area contributed by atoms with Crippen molar-refractivity contribution in [1.29, 1.82) is 0 Å². The maximum atomic E-state index is 12.3. The molecule has 1 rings (SSSR count). The lowest BCUT2D eigenvalue weighted by molar-refractivity contribution is 0.0195. The Morgan fingerprint density at radius 3 is 2.27 bits per heavy atom. The van der Waals surface area contributed by atoms with Gasteiger partial charge in [0.2, 0.25) is 0 Å². The maximum Gasteiger partial charge on any atom is 0.410 e. The van der Waals surface area contributed by atoms with E-state index in [4.69, 9.17) is 9.16 Å². The van der Waals surface area contributed by atoms with E-state index >= 15 is 0 Å². The van der Waals surface area contributed by atoms with Crippen molar-refractivity contribution < 1.29 is 14.0 Å². The van der Waals surface area contributed by atoms with Crippen molar-refractivity contribution in [2.75, 3.05) is 26.2 Å². The monoisotopic (exact) mass is 330 g/mol. The van der Waals surface area contributed by atoms with E-state index in [1.54, 1.807) is 4.90 Å². The van der Waals surface area contributed by atoms with Gasteiger partial charge in [-0.1, -0.05) is 20.8 Å². The predicted octanol–water partition coefficient (Wildman–Crippen LogP) is 3.22. The second-order valence-electron chi connectivity index (χ2n) is 8.63. The van der Waals surface area contributed by atoms with E-state index in [1.165, 1.54) is 0 Å². The molecule has 130 valence electrons. The minimum Gasteiger partial charge on any atom is -0.444 e. The van der Waals surface area contributed by atoms with Crippen LogP contribution >= 0.6 is 0 Å². The van der Waals surface area contributed by atoms with E-state index in [0.717, 1.165) is 13.1 Å². The molecule has 1 N–H and O–H groups in total. The molecule has 5 nitrogen and oxygen atoms in total. The maximum absolute atomic E-state index is 12.3. The van der Waals surface area contributed by atoms with Crippen LogP contribution in [-0.2, 0) is 9.16 Å². The van der Waals surface area contributed by atoms with Crippen LogP contribution in [0.15, 0.2) is 0 Å². The first-order valence-electron chi connectivity index (χ1n) is 8.18. The summed E-state index contributed by atoms with van der Waals surface area (Å²) in [7, 11) is -1.84. The van der Waals surface area contributed by atoms with Gasteiger partial charge in [-0.2, -0.15) is 0 Å². The Morgan fingerprint density at radius 2 is 1.77 bits per heavy atom. The van der Waals surface area contributed by atoms with E-state index in [0.29, 0.717) is 13.1 Å². The third-order valence-corrected chi connectivity index (χ3v) is 8.81. The molecule has 0 saturated carbocycles. The van der Waals surface area contributed by atoms with Gasteiger partial charge in [-0.3, -0.25) is 0 Å². The lowest BCUT2D eigenvalue weighted by atomic mass is 10.2. The van der Waals surface area contributed by atoms with Gasteiger partial charge in [-0.25, -0.2) is 4.79 Å². The van der Waals surface area contributed by atoms with E-state index in [-0.39, 0.29) is 17.2 Å². The first-order valence-corrected chi connectivity index (χ1v) is 11.1. The van der Waals surface area contributed by atoms with Crippen molar-refractivity contribution in [3.05, 3.63) is 0 Å². The largest absolute Gasteiger partial charge is 0.444 e. The highest BCUT2D eigenvalue weighted by molar-refractivity contribution is 6.74. The topological polar surface area (TPSA) is 50.8 Å². The fraction of sp³-hybridized carbons (Fsp3) is 0.938. The predicted molar refractivity (Wildman–Crippen MR) is 92.7 cm³/mol. The Hall–Kier alpha value is -0.593. The van der Waals surface area contributed by atoms with Crippen LogP contribution in [0.2, 0.25) is 18.1 Å². The number of hydrogen-bond acceptors (Lipinski definition) is 4. The SMILES string of the molecule is CC(C)(C)OC(=O)N1CCNCC(O[Si](C)(C)C(C)(C)C)C1. The molecule has 1 fully saturated rings. The van der Waals surface area contributed by atoms with Crippen molar-refractivity contribution in [3.8, 4) is 0 Å². The molecule has 0 aromatic rings. The summed E-state index contributed by atoms with van der Waals surface area (Å²) in [5, 5.41) is 3.53. The lowest BCUT2D eigenvalue weighted by Crippen LogP contribution is -2.49. The Bertz CT molecular complexity index is 386. The molecule has 1 unspecified atom stereocenters. The standard InChI is InChI=1S/C16H34N2O3Si/c1-15(2,3)20-14(19)18-10-9-17-11-13(12-18)21-22(7,8)16(4,5)6/h13,17H,9-12H2,1-8H3. The Balaban J connectivity index is 2.72. The number of nitrogens with one attached hydrogen (secondary N) is 1. The molecule has 0 bridgehead atoms. The number of carbonyl (C=O) groups excluding carboxylic acids is 1. The minimum absolute atomic E-state index is 0.0240. The molecule has 6 heteroatoms. The van der Waals surface area contributed by atoms with Gasteiger partial charge in [0.1, 0.15) is 5.60 Å². The summed E-state index contributed by atoms with van der Waals surface area (Å²) in [6.45, 7) is 19.7. The van der Waals surface area contributed by atoms with Crippen LogP contribution in [0.3, 0.4) is 0 Å². The van der Waals surface area contributed by atoms with E-state index < -0.39 is 13.9 Å². The molecule has 0 aromatic carbocycles. The second kappa shape index (κ2) is 6.89. The van der Waals surface area contributed by atoms with E-state index in [9.17, 15) is 4.79 Å². The number of hydrogen-bond donors (Lipinski definition) is 1. The van der Waals surface area contributed by atoms with Gasteiger partial charge >= 0.3 is 6.09 Å². The highest BCUT2D eigenvalue weighted by Gasteiger charge is 2.40. The zero-order valence-electron chi connectivity index (χ0n) is 15.6. The van der Waals surface area contributed by atoms with Crippen molar-refractivity contribution >= 4 is 14.4 Å². The summed E-state index contributed by atoms with van der Waals surface area (Å²) >= 11 is 0. The van der Waals surface area contributed by atoms with Crippen LogP contribution in [0.5, 0.6) is 0 Å². The molecule has 1 saturated heterocycles. The summed E-state index contributed by atoms with van der Waals surface area (Å²) in [6, 6.07) is 0. The first-order chi connectivity index (χ1) is 9.82. The number of rotatable bonds is 2. The number of amides is 1. The summed E-state index contributed by atoms with van der Waals surface area (Å²) < 4.78 is 12.0. The highest BCUT2D eigenvalue weighted by Crippen LogP contribution is 2.37. The van der Waals surface area contributed by atoms with Gasteiger partial charge in [0.05, 0.1) is 12.6 Å². The molecule has 1 aliphatic rings. The Morgan fingerprint density at radius 1 is 1.18 bits per heavy atom. The van der Waals surface area contributed by atoms with Crippen molar-refractivity contribution in [2.45, 2.75) is 71.4 Å². The van der Waals surface area contributed by atoms with Gasteiger partial charge in [0.25, 0.3) is 0 Å². The number of ether oxygens (including phenoxy) is 1. The van der Waals surface area contributed by atoms with Crippen LogP contribution in [0.1, 0.15) is 41.5 Å². The van der Waals surface area contributed by atoms with Crippen molar-refractivity contribution in [1.82, 2.24) is 10.2 Å². The Kier molecular flexibility index (Phi) is 6.09. The summed E-state index contributed by atoms with van der Waals surface area (Å²) in [5.41, 5.74) is -0.466. The molecular formula is C16H34N2O3Si. The first kappa shape index (κ1) is 19.5. The lowest BCUT2D eigenvalue weighted by Gasteiger charge is -2.39. The highest BCUT2D eigenvalue weighted by atomic mass is 28.4. The van der Waals surface area contributed by atoms with Crippen LogP contribution in [0.25, 0.3) is 0 Å². The van der Waals surface area contributed by atoms with Gasteiger partial charge < -0.3 is 19.4 Å². The molecule has 1 aliphatic heterocycles. The summed E-state index contributed by atoms with van der Waals surface area (Å²) in [6.07, 6.45) is -0.226. The molecule has 0 aromatic heterocycles. The molecule has 1 atom stereocenters. The summed E-state index contributed by atoms with van der Waals surface area (Å²) in [4.78, 5) is 14.1. The summed E-state index contributed by atoms with van der Waals surface area (Å²) in [5.74, 6) is 0. The average molecular weight is 331 g/mol. The van der Waals surface area contributed by atoms with E-state index in [2.05, 4.69) is 39.2 Å². The molecule has 0 aliphatic carbocycles. The van der Waals surface area contributed by atoms with Crippen LogP contribution in [0, 0.1) is 0 Å².